The number of hydrogen-bond acceptors (Lipinski definition) is 5. The normalized spacial score (nSPS) is 25.8. The van der Waals surface area contributed by atoms with Gasteiger partial charge in [0.1, 0.15) is 13.2 Å². The standard InChI is InChI=1S/C16H23N3O2/c17-14-9-16-15(20-6-7-21-16)8-12(14)10-18-4-5-19-3-1-2-13(19)11-18/h8-9,13H,1-7,10-11,17H2. The number of nitrogens with zero attached hydrogens (tertiary/aromatic N) is 2. The van der Waals surface area contributed by atoms with E-state index in [2.05, 4.69) is 15.9 Å². The van der Waals surface area contributed by atoms with Gasteiger partial charge >= 0.3 is 0 Å². The molecule has 5 nitrogen and oxygen atoms in total. The molecule has 0 aliphatic carbocycles. The van der Waals surface area contributed by atoms with Crippen LogP contribution in [-0.4, -0.2) is 55.2 Å². The van der Waals surface area contributed by atoms with Crippen molar-refractivity contribution in [2.45, 2.75) is 25.4 Å². The predicted octanol–water partition coefficient (Wildman–Crippen LogP) is 1.32. The molecule has 0 saturated carbocycles. The topological polar surface area (TPSA) is 51.0 Å². The predicted molar refractivity (Wildman–Crippen MR) is 81.7 cm³/mol. The quantitative estimate of drug-likeness (QED) is 0.832. The van der Waals surface area contributed by atoms with Gasteiger partial charge in [0.05, 0.1) is 0 Å². The fourth-order valence-electron chi connectivity index (χ4n) is 3.72. The lowest BCUT2D eigenvalue weighted by Gasteiger charge is -2.37. The van der Waals surface area contributed by atoms with Crippen molar-refractivity contribution in [2.75, 3.05) is 45.1 Å². The van der Waals surface area contributed by atoms with Crippen LogP contribution in [0.5, 0.6) is 11.5 Å². The number of anilines is 1. The van der Waals surface area contributed by atoms with E-state index in [1.165, 1.54) is 25.9 Å². The second-order valence-electron chi connectivity index (χ2n) is 6.26. The van der Waals surface area contributed by atoms with E-state index in [1.54, 1.807) is 0 Å². The van der Waals surface area contributed by atoms with Gasteiger partial charge in [0.15, 0.2) is 11.5 Å². The second kappa shape index (κ2) is 5.39. The Bertz CT molecular complexity index is 534. The van der Waals surface area contributed by atoms with Crippen molar-refractivity contribution in [3.63, 3.8) is 0 Å². The Morgan fingerprint density at radius 2 is 1.90 bits per heavy atom. The number of hydrogen-bond donors (Lipinski definition) is 1. The number of nitrogen functional groups attached to an aromatic ring is 1. The van der Waals surface area contributed by atoms with Crippen LogP contribution in [0.4, 0.5) is 5.69 Å². The van der Waals surface area contributed by atoms with E-state index in [0.29, 0.717) is 13.2 Å². The zero-order valence-corrected chi connectivity index (χ0v) is 12.4. The van der Waals surface area contributed by atoms with Crippen molar-refractivity contribution >= 4 is 5.69 Å². The Hall–Kier alpha value is -1.46. The zero-order valence-electron chi connectivity index (χ0n) is 12.4. The van der Waals surface area contributed by atoms with E-state index in [4.69, 9.17) is 15.2 Å². The third-order valence-electron chi connectivity index (χ3n) is 4.87. The summed E-state index contributed by atoms with van der Waals surface area (Å²) in [6.07, 6.45) is 2.69. The molecule has 3 aliphatic heterocycles. The summed E-state index contributed by atoms with van der Waals surface area (Å²) < 4.78 is 11.3. The average Bonchev–Trinajstić information content (AvgIpc) is 2.95. The monoisotopic (exact) mass is 289 g/mol. The minimum Gasteiger partial charge on any atom is -0.486 e. The fourth-order valence-corrected chi connectivity index (χ4v) is 3.72. The van der Waals surface area contributed by atoms with E-state index in [-0.39, 0.29) is 0 Å². The number of rotatable bonds is 2. The molecule has 1 aromatic rings. The van der Waals surface area contributed by atoms with E-state index < -0.39 is 0 Å². The molecule has 0 spiro atoms. The van der Waals surface area contributed by atoms with E-state index in [9.17, 15) is 0 Å². The van der Waals surface area contributed by atoms with E-state index in [1.807, 2.05) is 6.07 Å². The molecule has 2 saturated heterocycles. The lowest BCUT2D eigenvalue weighted by atomic mass is 10.1. The number of fused-ring (bicyclic) bond motifs is 2. The molecule has 0 bridgehead atoms. The second-order valence-corrected chi connectivity index (χ2v) is 6.26. The summed E-state index contributed by atoms with van der Waals surface area (Å²) in [4.78, 5) is 5.15. The van der Waals surface area contributed by atoms with Gasteiger partial charge in [0.2, 0.25) is 0 Å². The van der Waals surface area contributed by atoms with Gasteiger partial charge in [0.25, 0.3) is 0 Å². The largest absolute Gasteiger partial charge is 0.486 e. The molecule has 0 amide bonds. The van der Waals surface area contributed by atoms with Gasteiger partial charge in [-0.05, 0) is 31.0 Å². The maximum atomic E-state index is 6.20. The van der Waals surface area contributed by atoms with Crippen LogP contribution in [-0.2, 0) is 6.54 Å². The molecule has 114 valence electrons. The first-order chi connectivity index (χ1) is 10.3. The van der Waals surface area contributed by atoms with Crippen LogP contribution in [0.25, 0.3) is 0 Å². The summed E-state index contributed by atoms with van der Waals surface area (Å²) in [5.74, 6) is 1.62. The van der Waals surface area contributed by atoms with Crippen LogP contribution in [0.2, 0.25) is 0 Å². The Labute approximate surface area is 125 Å². The van der Waals surface area contributed by atoms with Crippen LogP contribution in [0.1, 0.15) is 18.4 Å². The first-order valence-corrected chi connectivity index (χ1v) is 7.94. The van der Waals surface area contributed by atoms with Crippen LogP contribution >= 0.6 is 0 Å². The van der Waals surface area contributed by atoms with Gasteiger partial charge in [-0.25, -0.2) is 0 Å². The third-order valence-corrected chi connectivity index (χ3v) is 4.87. The minimum atomic E-state index is 0.607. The molecule has 5 heteroatoms. The Morgan fingerprint density at radius 3 is 2.76 bits per heavy atom. The summed E-state index contributed by atoms with van der Waals surface area (Å²) in [5, 5.41) is 0. The van der Waals surface area contributed by atoms with Gasteiger partial charge in [-0.15, -0.1) is 0 Å². The number of benzene rings is 1. The van der Waals surface area contributed by atoms with Crippen LogP contribution in [0, 0.1) is 0 Å². The van der Waals surface area contributed by atoms with Gasteiger partial charge < -0.3 is 15.2 Å². The van der Waals surface area contributed by atoms with E-state index in [0.717, 1.165) is 48.4 Å². The van der Waals surface area contributed by atoms with Gasteiger partial charge in [-0.1, -0.05) is 0 Å². The first-order valence-electron chi connectivity index (χ1n) is 7.94. The molecule has 21 heavy (non-hydrogen) atoms. The molecular weight excluding hydrogens is 266 g/mol. The molecule has 4 rings (SSSR count). The number of nitrogens with two attached hydrogens (primary N) is 1. The highest BCUT2D eigenvalue weighted by Crippen LogP contribution is 2.35. The number of ether oxygens (including phenoxy) is 2. The Balaban J connectivity index is 1.49. The summed E-state index contributed by atoms with van der Waals surface area (Å²) in [6, 6.07) is 4.72. The average molecular weight is 289 g/mol. The molecule has 1 atom stereocenters. The lowest BCUT2D eigenvalue weighted by molar-refractivity contribution is 0.0993. The molecule has 0 aromatic heterocycles. The van der Waals surface area contributed by atoms with Crippen molar-refractivity contribution < 1.29 is 9.47 Å². The first kappa shape index (κ1) is 13.2. The van der Waals surface area contributed by atoms with Crippen LogP contribution < -0.4 is 15.2 Å². The van der Waals surface area contributed by atoms with Crippen molar-refractivity contribution in [3.8, 4) is 11.5 Å². The highest BCUT2D eigenvalue weighted by atomic mass is 16.6. The maximum Gasteiger partial charge on any atom is 0.163 e. The molecule has 2 N–H and O–H groups in total. The molecule has 1 unspecified atom stereocenters. The van der Waals surface area contributed by atoms with Crippen molar-refractivity contribution in [1.82, 2.24) is 9.80 Å². The molecule has 2 fully saturated rings. The van der Waals surface area contributed by atoms with Crippen LogP contribution in [0.3, 0.4) is 0 Å². The van der Waals surface area contributed by atoms with Crippen molar-refractivity contribution in [1.29, 1.82) is 0 Å². The highest BCUT2D eigenvalue weighted by molar-refractivity contribution is 5.58. The molecular formula is C16H23N3O2. The third kappa shape index (κ3) is 2.56. The maximum absolute atomic E-state index is 6.20. The number of piperazine rings is 1. The summed E-state index contributed by atoms with van der Waals surface area (Å²) in [6.45, 7) is 6.90. The smallest absolute Gasteiger partial charge is 0.163 e. The zero-order chi connectivity index (χ0) is 14.2. The van der Waals surface area contributed by atoms with Gasteiger partial charge in [-0.2, -0.15) is 0 Å². The van der Waals surface area contributed by atoms with Crippen LogP contribution in [0.15, 0.2) is 12.1 Å². The Morgan fingerprint density at radius 1 is 1.10 bits per heavy atom. The van der Waals surface area contributed by atoms with Crippen molar-refractivity contribution in [2.24, 2.45) is 0 Å². The van der Waals surface area contributed by atoms with E-state index >= 15 is 0 Å². The van der Waals surface area contributed by atoms with Gasteiger partial charge in [0, 0.05) is 44.0 Å². The Kier molecular flexibility index (Phi) is 3.39. The minimum absolute atomic E-state index is 0.607. The summed E-state index contributed by atoms with van der Waals surface area (Å²) in [7, 11) is 0. The summed E-state index contributed by atoms with van der Waals surface area (Å²) in [5.41, 5.74) is 8.17. The molecule has 1 aromatic carbocycles. The lowest BCUT2D eigenvalue weighted by Crippen LogP contribution is -2.49. The molecule has 3 heterocycles. The van der Waals surface area contributed by atoms with Gasteiger partial charge in [-0.3, -0.25) is 9.80 Å². The SMILES string of the molecule is Nc1cc2c(cc1CN1CCN3CCCC3C1)OCCO2. The molecule has 3 aliphatic rings. The fraction of sp³-hybridized carbons (Fsp3) is 0.625. The molecule has 0 radical (unpaired) electrons. The van der Waals surface area contributed by atoms with Crippen molar-refractivity contribution in [3.05, 3.63) is 17.7 Å². The summed E-state index contributed by atoms with van der Waals surface area (Å²) >= 11 is 0. The highest BCUT2D eigenvalue weighted by Gasteiger charge is 2.30.